The summed E-state index contributed by atoms with van der Waals surface area (Å²) in [7, 11) is 0. The van der Waals surface area contributed by atoms with E-state index in [1.165, 1.54) is 41.8 Å². The topological polar surface area (TPSA) is 9.23 Å². The zero-order valence-electron chi connectivity index (χ0n) is 17.6. The Kier molecular flexibility index (Phi) is 5.94. The zero-order valence-corrected chi connectivity index (χ0v) is 20.8. The van der Waals surface area contributed by atoms with Gasteiger partial charge >= 0.3 is 0 Å². The van der Waals surface area contributed by atoms with Gasteiger partial charge in [0.25, 0.3) is 0 Å². The maximum Gasteiger partial charge on any atom is 0.0885 e. The van der Waals surface area contributed by atoms with E-state index in [0.29, 0.717) is 0 Å². The molecule has 0 radical (unpaired) electrons. The van der Waals surface area contributed by atoms with Gasteiger partial charge in [-0.25, -0.2) is 0 Å². The molecule has 164 valence electrons. The summed E-state index contributed by atoms with van der Waals surface area (Å²) in [5.74, 6) is 0. The van der Waals surface area contributed by atoms with E-state index in [0.717, 1.165) is 22.9 Å². The molecule has 0 unspecified atom stereocenters. The second kappa shape index (κ2) is 9.05. The molecule has 2 aliphatic heterocycles. The van der Waals surface area contributed by atoms with Crippen LogP contribution in [0.5, 0.6) is 0 Å². The standard InChI is InChI=1S/C28H20Cl2OS2/c29-19-9-11-25-17(13-19)15-23(21-5-1-3-7-27(21)32-25)31-24-16-18-14-20(30)10-12-26(18)33-28-8-4-2-6-22(24)28/h1-14,23-24H,15-16H2/t23-,24-/m1/s1. The van der Waals surface area contributed by atoms with Crippen LogP contribution in [-0.4, -0.2) is 0 Å². The first kappa shape index (κ1) is 21.6. The van der Waals surface area contributed by atoms with Crippen molar-refractivity contribution in [1.82, 2.24) is 0 Å². The van der Waals surface area contributed by atoms with Gasteiger partial charge in [-0.3, -0.25) is 0 Å². The highest BCUT2D eigenvalue weighted by Crippen LogP contribution is 2.47. The predicted octanol–water partition coefficient (Wildman–Crippen LogP) is 9.21. The fraction of sp³-hybridized carbons (Fsp3) is 0.143. The van der Waals surface area contributed by atoms with Crippen LogP contribution >= 0.6 is 46.7 Å². The molecular formula is C28H20Cl2OS2. The van der Waals surface area contributed by atoms with Crippen molar-refractivity contribution in [2.75, 3.05) is 0 Å². The summed E-state index contributed by atoms with van der Waals surface area (Å²) in [4.78, 5) is 4.96. The van der Waals surface area contributed by atoms with Gasteiger partial charge in [0.1, 0.15) is 0 Å². The maximum absolute atomic E-state index is 7.03. The predicted molar refractivity (Wildman–Crippen MR) is 138 cm³/mol. The van der Waals surface area contributed by atoms with Crippen molar-refractivity contribution in [3.63, 3.8) is 0 Å². The zero-order chi connectivity index (χ0) is 22.4. The molecule has 0 bridgehead atoms. The number of hydrogen-bond donors (Lipinski definition) is 0. The van der Waals surface area contributed by atoms with Crippen molar-refractivity contribution in [2.45, 2.75) is 44.6 Å². The largest absolute Gasteiger partial charge is 0.365 e. The molecule has 4 aromatic carbocycles. The monoisotopic (exact) mass is 506 g/mol. The summed E-state index contributed by atoms with van der Waals surface area (Å²) in [6.45, 7) is 0. The summed E-state index contributed by atoms with van der Waals surface area (Å²) in [6.07, 6.45) is 1.43. The summed E-state index contributed by atoms with van der Waals surface area (Å²) in [6, 6.07) is 29.5. The van der Waals surface area contributed by atoms with Crippen LogP contribution < -0.4 is 0 Å². The van der Waals surface area contributed by atoms with Crippen LogP contribution in [0.15, 0.2) is 105 Å². The number of fused-ring (bicyclic) bond motifs is 4. The van der Waals surface area contributed by atoms with Crippen LogP contribution in [0.25, 0.3) is 0 Å². The van der Waals surface area contributed by atoms with Crippen LogP contribution in [0.1, 0.15) is 34.5 Å². The van der Waals surface area contributed by atoms with Crippen molar-refractivity contribution in [2.24, 2.45) is 0 Å². The highest BCUT2D eigenvalue weighted by molar-refractivity contribution is 7.99. The van der Waals surface area contributed by atoms with Crippen LogP contribution in [-0.2, 0) is 17.6 Å². The number of rotatable bonds is 2. The average molecular weight is 508 g/mol. The number of halogens is 2. The molecule has 5 heteroatoms. The molecule has 1 nitrogen and oxygen atoms in total. The van der Waals surface area contributed by atoms with Crippen LogP contribution in [0.2, 0.25) is 10.0 Å². The van der Waals surface area contributed by atoms with Crippen LogP contribution in [0.4, 0.5) is 0 Å². The minimum absolute atomic E-state index is 0.0720. The molecule has 0 saturated heterocycles. The third kappa shape index (κ3) is 4.34. The minimum atomic E-state index is -0.0720. The third-order valence-electron chi connectivity index (χ3n) is 6.16. The van der Waals surface area contributed by atoms with Gasteiger partial charge < -0.3 is 4.74 Å². The van der Waals surface area contributed by atoms with Crippen molar-refractivity contribution < 1.29 is 4.74 Å². The van der Waals surface area contributed by atoms with E-state index in [1.54, 1.807) is 23.5 Å². The Morgan fingerprint density at radius 3 is 1.52 bits per heavy atom. The Balaban J connectivity index is 1.43. The van der Waals surface area contributed by atoms with Crippen molar-refractivity contribution >= 4 is 46.7 Å². The Hall–Kier alpha value is -1.88. The molecule has 0 amide bonds. The molecule has 6 rings (SSSR count). The molecular weight excluding hydrogens is 487 g/mol. The lowest BCUT2D eigenvalue weighted by Gasteiger charge is -2.26. The van der Waals surface area contributed by atoms with Crippen molar-refractivity contribution in [1.29, 1.82) is 0 Å². The SMILES string of the molecule is Clc1ccc2c(c1)C[C@@H](O[C@@H]1Cc3cc(Cl)ccc3Sc3ccccc31)c1ccccc1S2. The Morgan fingerprint density at radius 2 is 1.03 bits per heavy atom. The first-order chi connectivity index (χ1) is 16.1. The van der Waals surface area contributed by atoms with Gasteiger partial charge in [-0.15, -0.1) is 0 Å². The number of benzene rings is 4. The molecule has 2 heterocycles. The van der Waals surface area contributed by atoms with Gasteiger partial charge in [0.15, 0.2) is 0 Å². The number of ether oxygens (including phenoxy) is 1. The highest BCUT2D eigenvalue weighted by Gasteiger charge is 2.30. The van der Waals surface area contributed by atoms with Gasteiger partial charge in [0, 0.05) is 42.5 Å². The normalized spacial score (nSPS) is 18.8. The molecule has 0 fully saturated rings. The summed E-state index contributed by atoms with van der Waals surface area (Å²) in [5.41, 5.74) is 4.92. The van der Waals surface area contributed by atoms with E-state index in [9.17, 15) is 0 Å². The highest BCUT2D eigenvalue weighted by atomic mass is 35.5. The summed E-state index contributed by atoms with van der Waals surface area (Å²) < 4.78 is 7.03. The lowest BCUT2D eigenvalue weighted by Crippen LogP contribution is -2.15. The fourth-order valence-corrected chi connectivity index (χ4v) is 7.20. The Morgan fingerprint density at radius 1 is 0.576 bits per heavy atom. The van der Waals surface area contributed by atoms with Crippen molar-refractivity contribution in [3.05, 3.63) is 117 Å². The summed E-state index contributed by atoms with van der Waals surface area (Å²) in [5, 5.41) is 1.53. The molecule has 0 aliphatic carbocycles. The van der Waals surface area contributed by atoms with E-state index in [-0.39, 0.29) is 12.2 Å². The molecule has 2 atom stereocenters. The molecule has 2 aliphatic rings. The Bertz CT molecular complexity index is 1250. The minimum Gasteiger partial charge on any atom is -0.365 e. The van der Waals surface area contributed by atoms with Crippen LogP contribution in [0.3, 0.4) is 0 Å². The van der Waals surface area contributed by atoms with Crippen LogP contribution in [0, 0.1) is 0 Å². The number of hydrogen-bond acceptors (Lipinski definition) is 3. The molecule has 0 N–H and O–H groups in total. The summed E-state index contributed by atoms with van der Waals surface area (Å²) >= 11 is 16.3. The first-order valence-electron chi connectivity index (χ1n) is 10.9. The lowest BCUT2D eigenvalue weighted by atomic mass is 9.98. The van der Waals surface area contributed by atoms with Gasteiger partial charge in [-0.2, -0.15) is 0 Å². The first-order valence-corrected chi connectivity index (χ1v) is 13.3. The Labute approximate surface area is 212 Å². The van der Waals surface area contributed by atoms with Gasteiger partial charge in [0.2, 0.25) is 0 Å². The van der Waals surface area contributed by atoms with E-state index in [4.69, 9.17) is 27.9 Å². The average Bonchev–Trinajstić information content (AvgIpc) is 3.06. The van der Waals surface area contributed by atoms with Crippen molar-refractivity contribution in [3.8, 4) is 0 Å². The molecule has 0 spiro atoms. The third-order valence-corrected chi connectivity index (χ3v) is 9.05. The molecule has 0 saturated carbocycles. The molecule has 33 heavy (non-hydrogen) atoms. The van der Waals surface area contributed by atoms with E-state index in [2.05, 4.69) is 72.8 Å². The fourth-order valence-electron chi connectivity index (χ4n) is 4.59. The maximum atomic E-state index is 7.03. The van der Waals surface area contributed by atoms with Gasteiger partial charge in [-0.05, 0) is 70.8 Å². The molecule has 4 aromatic rings. The van der Waals surface area contributed by atoms with Gasteiger partial charge in [0.05, 0.1) is 12.2 Å². The second-order valence-electron chi connectivity index (χ2n) is 8.31. The quantitative estimate of drug-likeness (QED) is 0.268. The lowest BCUT2D eigenvalue weighted by molar-refractivity contribution is -0.0175. The second-order valence-corrected chi connectivity index (χ2v) is 11.3. The molecule has 0 aromatic heterocycles. The van der Waals surface area contributed by atoms with E-state index < -0.39 is 0 Å². The smallest absolute Gasteiger partial charge is 0.0885 e. The van der Waals surface area contributed by atoms with E-state index in [1.807, 2.05) is 12.1 Å². The van der Waals surface area contributed by atoms with E-state index >= 15 is 0 Å². The van der Waals surface area contributed by atoms with Gasteiger partial charge in [-0.1, -0.05) is 83.1 Å².